The molecule has 0 unspecified atom stereocenters. The van der Waals surface area contributed by atoms with Crippen molar-refractivity contribution in [3.05, 3.63) is 41.5 Å². The van der Waals surface area contributed by atoms with Gasteiger partial charge < -0.3 is 9.64 Å². The lowest BCUT2D eigenvalue weighted by atomic mass is 9.96. The van der Waals surface area contributed by atoms with Crippen LogP contribution in [0.3, 0.4) is 0 Å². The molecule has 1 saturated heterocycles. The molecule has 6 heteroatoms. The molecule has 0 spiro atoms. The average Bonchev–Trinajstić information content (AvgIpc) is 2.68. The molecule has 0 radical (unpaired) electrons. The molecule has 0 N–H and O–H groups in total. The van der Waals surface area contributed by atoms with Gasteiger partial charge in [-0.2, -0.15) is 22.0 Å². The van der Waals surface area contributed by atoms with Crippen molar-refractivity contribution in [1.29, 1.82) is 5.26 Å². The van der Waals surface area contributed by atoms with Crippen LogP contribution in [-0.4, -0.2) is 42.5 Å². The van der Waals surface area contributed by atoms with Crippen molar-refractivity contribution < 1.29 is 9.53 Å². The van der Waals surface area contributed by atoms with Crippen LogP contribution in [0.2, 0.25) is 0 Å². The van der Waals surface area contributed by atoms with E-state index in [2.05, 4.69) is 16.0 Å². The van der Waals surface area contributed by atoms with Gasteiger partial charge in [-0.15, -0.1) is 0 Å². The highest BCUT2D eigenvalue weighted by Gasteiger charge is 2.25. The van der Waals surface area contributed by atoms with E-state index in [0.717, 1.165) is 36.4 Å². The number of hydrogen-bond acceptors (Lipinski definition) is 6. The maximum absolute atomic E-state index is 12.0. The molecule has 5 nitrogen and oxygen atoms in total. The largest absolute Gasteiger partial charge is 0.477 e. The number of carbonyl (C=O) groups is 1. The fourth-order valence-electron chi connectivity index (χ4n) is 2.94. The van der Waals surface area contributed by atoms with E-state index in [1.54, 1.807) is 0 Å². The second-order valence-corrected chi connectivity index (χ2v) is 6.76. The molecule has 1 aromatic carbocycles. The van der Waals surface area contributed by atoms with E-state index in [4.69, 9.17) is 4.74 Å². The number of aromatic nitrogens is 1. The Morgan fingerprint density at radius 2 is 2.04 bits per heavy atom. The van der Waals surface area contributed by atoms with Crippen molar-refractivity contribution in [2.24, 2.45) is 0 Å². The predicted molar refractivity (Wildman–Crippen MR) is 100 cm³/mol. The minimum absolute atomic E-state index is 0.294. The summed E-state index contributed by atoms with van der Waals surface area (Å²) in [6.07, 6.45) is 0.809. The molecule has 0 atom stereocenters. The van der Waals surface area contributed by atoms with Gasteiger partial charge in [-0.05, 0) is 12.5 Å². The first kappa shape index (κ1) is 17.3. The zero-order valence-electron chi connectivity index (χ0n) is 14.1. The molecule has 1 aliphatic rings. The first-order valence-electron chi connectivity index (χ1n) is 8.24. The van der Waals surface area contributed by atoms with Crippen LogP contribution in [0.25, 0.3) is 11.1 Å². The van der Waals surface area contributed by atoms with Gasteiger partial charge in [0.2, 0.25) is 5.88 Å². The lowest BCUT2D eigenvalue weighted by molar-refractivity contribution is 0.112. The molecule has 2 heterocycles. The fourth-order valence-corrected chi connectivity index (χ4v) is 3.85. The second-order valence-electron chi connectivity index (χ2n) is 5.53. The summed E-state index contributed by atoms with van der Waals surface area (Å²) in [6, 6.07) is 11.7. The van der Waals surface area contributed by atoms with Crippen molar-refractivity contribution in [1.82, 2.24) is 4.98 Å². The highest BCUT2D eigenvalue weighted by Crippen LogP contribution is 2.37. The van der Waals surface area contributed by atoms with E-state index in [9.17, 15) is 10.1 Å². The summed E-state index contributed by atoms with van der Waals surface area (Å²) in [5.74, 6) is 2.88. The number of nitriles is 1. The lowest BCUT2D eigenvalue weighted by Crippen LogP contribution is -2.34. The van der Waals surface area contributed by atoms with Crippen LogP contribution in [0.4, 0.5) is 5.82 Å². The molecule has 0 saturated carbocycles. The van der Waals surface area contributed by atoms with E-state index < -0.39 is 0 Å². The van der Waals surface area contributed by atoms with E-state index >= 15 is 0 Å². The van der Waals surface area contributed by atoms with Crippen molar-refractivity contribution in [2.45, 2.75) is 6.92 Å². The summed E-state index contributed by atoms with van der Waals surface area (Å²) in [4.78, 5) is 18.6. The number of carbonyl (C=O) groups excluding carboxylic acids is 1. The molecule has 1 fully saturated rings. The Kier molecular flexibility index (Phi) is 5.56. The number of benzene rings is 1. The van der Waals surface area contributed by atoms with E-state index in [1.807, 2.05) is 49.0 Å². The van der Waals surface area contributed by atoms with E-state index in [-0.39, 0.29) is 0 Å². The Balaban J connectivity index is 2.27. The standard InChI is InChI=1S/C19H19N3O2S/c1-2-24-19-15(12-20)17(14-6-4-3-5-7-14)16(13-23)18(21-19)22-8-10-25-11-9-22/h3-7,13H,2,8-11H2,1H3. The first-order chi connectivity index (χ1) is 12.3. The zero-order chi connectivity index (χ0) is 17.6. The summed E-state index contributed by atoms with van der Waals surface area (Å²) in [6.45, 7) is 3.91. The first-order valence-corrected chi connectivity index (χ1v) is 9.39. The van der Waals surface area contributed by atoms with Crippen molar-refractivity contribution in [3.63, 3.8) is 0 Å². The maximum atomic E-state index is 12.0. The average molecular weight is 353 g/mol. The number of hydrogen-bond donors (Lipinski definition) is 0. The summed E-state index contributed by atoms with van der Waals surface area (Å²) in [5, 5.41) is 9.71. The fraction of sp³-hybridized carbons (Fsp3) is 0.316. The summed E-state index contributed by atoms with van der Waals surface area (Å²) in [7, 11) is 0. The molecule has 0 bridgehead atoms. The van der Waals surface area contributed by atoms with Gasteiger partial charge in [0.1, 0.15) is 17.5 Å². The van der Waals surface area contributed by atoms with Crippen LogP contribution < -0.4 is 9.64 Å². The van der Waals surface area contributed by atoms with Gasteiger partial charge in [0.05, 0.1) is 12.2 Å². The molecule has 128 valence electrons. The third-order valence-electron chi connectivity index (χ3n) is 4.07. The third-order valence-corrected chi connectivity index (χ3v) is 5.01. The van der Waals surface area contributed by atoms with Crippen molar-refractivity contribution in [3.8, 4) is 23.1 Å². The Morgan fingerprint density at radius 3 is 2.64 bits per heavy atom. The number of pyridine rings is 1. The normalized spacial score (nSPS) is 14.0. The molecule has 25 heavy (non-hydrogen) atoms. The molecular formula is C19H19N3O2S. The minimum atomic E-state index is 0.294. The van der Waals surface area contributed by atoms with Gasteiger partial charge in [0.15, 0.2) is 6.29 Å². The van der Waals surface area contributed by atoms with Crippen molar-refractivity contribution >= 4 is 23.9 Å². The van der Waals surface area contributed by atoms with Crippen LogP contribution >= 0.6 is 11.8 Å². The van der Waals surface area contributed by atoms with Crippen LogP contribution in [0.5, 0.6) is 5.88 Å². The Labute approximate surface area is 151 Å². The highest BCUT2D eigenvalue weighted by molar-refractivity contribution is 7.99. The smallest absolute Gasteiger partial charge is 0.234 e. The van der Waals surface area contributed by atoms with Crippen LogP contribution in [-0.2, 0) is 0 Å². The lowest BCUT2D eigenvalue weighted by Gasteiger charge is -2.29. The minimum Gasteiger partial charge on any atom is -0.477 e. The second kappa shape index (κ2) is 8.04. The third kappa shape index (κ3) is 3.47. The molecule has 1 aromatic heterocycles. The Morgan fingerprint density at radius 1 is 1.32 bits per heavy atom. The maximum Gasteiger partial charge on any atom is 0.234 e. The number of rotatable bonds is 5. The zero-order valence-corrected chi connectivity index (χ0v) is 14.9. The van der Waals surface area contributed by atoms with E-state index in [0.29, 0.717) is 35.0 Å². The quantitative estimate of drug-likeness (QED) is 0.768. The van der Waals surface area contributed by atoms with Crippen LogP contribution in [0.15, 0.2) is 30.3 Å². The van der Waals surface area contributed by atoms with Gasteiger partial charge in [-0.3, -0.25) is 4.79 Å². The topological polar surface area (TPSA) is 66.2 Å². The number of ether oxygens (including phenoxy) is 1. The van der Waals surface area contributed by atoms with Gasteiger partial charge in [0, 0.05) is 30.2 Å². The highest BCUT2D eigenvalue weighted by atomic mass is 32.2. The number of aldehydes is 1. The Bertz CT molecular complexity index is 797. The predicted octanol–water partition coefficient (Wildman–Crippen LogP) is 3.38. The van der Waals surface area contributed by atoms with Crippen molar-refractivity contribution in [2.75, 3.05) is 36.1 Å². The summed E-state index contributed by atoms with van der Waals surface area (Å²) in [5.41, 5.74) is 2.19. The van der Waals surface area contributed by atoms with Gasteiger partial charge in [-0.1, -0.05) is 30.3 Å². The molecule has 1 aliphatic heterocycles. The van der Waals surface area contributed by atoms with Crippen LogP contribution in [0, 0.1) is 11.3 Å². The number of thioether (sulfide) groups is 1. The molecule has 0 amide bonds. The Hall–Kier alpha value is -2.52. The number of anilines is 1. The van der Waals surface area contributed by atoms with Gasteiger partial charge in [-0.25, -0.2) is 0 Å². The SMILES string of the molecule is CCOc1nc(N2CCSCC2)c(C=O)c(-c2ccccc2)c1C#N. The van der Waals surface area contributed by atoms with E-state index in [1.165, 1.54) is 0 Å². The summed E-state index contributed by atoms with van der Waals surface area (Å²) < 4.78 is 5.64. The van der Waals surface area contributed by atoms with Crippen LogP contribution in [0.1, 0.15) is 22.8 Å². The molecule has 0 aliphatic carbocycles. The monoisotopic (exact) mass is 353 g/mol. The number of nitrogens with zero attached hydrogens (tertiary/aromatic N) is 3. The molecular weight excluding hydrogens is 334 g/mol. The summed E-state index contributed by atoms with van der Waals surface area (Å²) >= 11 is 1.89. The van der Waals surface area contributed by atoms with Gasteiger partial charge >= 0.3 is 0 Å². The molecule has 3 rings (SSSR count). The van der Waals surface area contributed by atoms with Gasteiger partial charge in [0.25, 0.3) is 0 Å². The molecule has 2 aromatic rings.